The summed E-state index contributed by atoms with van der Waals surface area (Å²) in [5.74, 6) is -0.888. The summed E-state index contributed by atoms with van der Waals surface area (Å²) < 4.78 is 6.41. The first-order chi connectivity index (χ1) is 10.9. The van der Waals surface area contributed by atoms with E-state index in [1.54, 1.807) is 0 Å². The zero-order valence-corrected chi connectivity index (χ0v) is 14.8. The van der Waals surface area contributed by atoms with Crippen LogP contribution in [0.15, 0.2) is 28.7 Å². The number of hydrogen-bond donors (Lipinski definition) is 2. The monoisotopic (exact) mass is 383 g/mol. The molecule has 5 nitrogen and oxygen atoms in total. The summed E-state index contributed by atoms with van der Waals surface area (Å²) in [7, 11) is 0. The molecule has 1 aliphatic rings. The molecule has 0 aromatic heterocycles. The summed E-state index contributed by atoms with van der Waals surface area (Å²) in [5.41, 5.74) is 0.378. The number of halogens is 1. The Balaban J connectivity index is 2.15. The summed E-state index contributed by atoms with van der Waals surface area (Å²) in [5, 5.41) is 11.8. The molecule has 126 valence electrons. The lowest BCUT2D eigenvalue weighted by Gasteiger charge is -2.37. The van der Waals surface area contributed by atoms with Crippen molar-refractivity contribution in [3.05, 3.63) is 34.3 Å². The number of carboxylic acids is 1. The van der Waals surface area contributed by atoms with Gasteiger partial charge in [-0.15, -0.1) is 0 Å². The van der Waals surface area contributed by atoms with Crippen LogP contribution in [-0.2, 0) is 19.7 Å². The van der Waals surface area contributed by atoms with Crippen molar-refractivity contribution in [1.82, 2.24) is 5.32 Å². The molecule has 1 atom stereocenters. The zero-order chi connectivity index (χ0) is 16.9. The number of ether oxygens (including phenoxy) is 1. The minimum atomic E-state index is -0.847. The molecule has 1 aliphatic heterocycles. The summed E-state index contributed by atoms with van der Waals surface area (Å²) >= 11 is 3.42. The molecular formula is C17H22BrNO4. The molecule has 6 heteroatoms. The van der Waals surface area contributed by atoms with Crippen LogP contribution in [0.4, 0.5) is 0 Å². The lowest BCUT2D eigenvalue weighted by atomic mass is 9.73. The van der Waals surface area contributed by atoms with Gasteiger partial charge in [0.2, 0.25) is 5.91 Å². The number of carboxylic acid groups (broad SMARTS) is 1. The number of benzene rings is 1. The molecule has 0 aliphatic carbocycles. The molecule has 0 saturated carbocycles. The van der Waals surface area contributed by atoms with E-state index in [-0.39, 0.29) is 18.4 Å². The molecule has 1 fully saturated rings. The van der Waals surface area contributed by atoms with Crippen molar-refractivity contribution in [3.8, 4) is 0 Å². The minimum absolute atomic E-state index is 0.0407. The summed E-state index contributed by atoms with van der Waals surface area (Å²) in [6.07, 6.45) is 1.74. The lowest BCUT2D eigenvalue weighted by molar-refractivity contribution is -0.138. The topological polar surface area (TPSA) is 75.6 Å². The molecule has 2 rings (SSSR count). The van der Waals surface area contributed by atoms with Gasteiger partial charge in [-0.3, -0.25) is 9.59 Å². The van der Waals surface area contributed by atoms with Crippen molar-refractivity contribution in [2.45, 2.75) is 44.1 Å². The second kappa shape index (κ2) is 7.93. The van der Waals surface area contributed by atoms with Gasteiger partial charge in [-0.2, -0.15) is 0 Å². The van der Waals surface area contributed by atoms with Crippen molar-refractivity contribution in [2.75, 3.05) is 13.2 Å². The molecule has 1 aromatic carbocycles. The highest BCUT2D eigenvalue weighted by Gasteiger charge is 2.42. The average Bonchev–Trinajstić information content (AvgIpc) is 2.54. The highest BCUT2D eigenvalue weighted by atomic mass is 79.9. The van der Waals surface area contributed by atoms with E-state index in [0.717, 1.165) is 10.0 Å². The Labute approximate surface area is 144 Å². The van der Waals surface area contributed by atoms with Gasteiger partial charge in [-0.1, -0.05) is 28.1 Å². The molecule has 1 amide bonds. The van der Waals surface area contributed by atoms with E-state index in [4.69, 9.17) is 9.84 Å². The van der Waals surface area contributed by atoms with Crippen LogP contribution in [0.5, 0.6) is 0 Å². The molecule has 1 saturated heterocycles. The molecule has 1 unspecified atom stereocenters. The summed E-state index contributed by atoms with van der Waals surface area (Å²) in [6.45, 7) is 2.94. The third-order valence-corrected chi connectivity index (χ3v) is 4.88. The SMILES string of the molecule is CC(CCC(=O)O)NC(=O)C1(c2ccc(Br)cc2)CCOCC1. The van der Waals surface area contributed by atoms with E-state index in [9.17, 15) is 9.59 Å². The van der Waals surface area contributed by atoms with Crippen LogP contribution < -0.4 is 5.32 Å². The fraction of sp³-hybridized carbons (Fsp3) is 0.529. The molecule has 0 bridgehead atoms. The van der Waals surface area contributed by atoms with Crippen LogP contribution in [0.2, 0.25) is 0 Å². The highest BCUT2D eigenvalue weighted by Crippen LogP contribution is 2.36. The fourth-order valence-corrected chi connectivity index (χ4v) is 3.17. The number of nitrogens with one attached hydrogen (secondary N) is 1. The lowest BCUT2D eigenvalue weighted by Crippen LogP contribution is -2.50. The van der Waals surface area contributed by atoms with E-state index in [0.29, 0.717) is 32.5 Å². The minimum Gasteiger partial charge on any atom is -0.481 e. The molecule has 0 spiro atoms. The molecular weight excluding hydrogens is 362 g/mol. The van der Waals surface area contributed by atoms with Gasteiger partial charge in [0.1, 0.15) is 0 Å². The van der Waals surface area contributed by atoms with Gasteiger partial charge in [0.15, 0.2) is 0 Å². The van der Waals surface area contributed by atoms with E-state index < -0.39 is 11.4 Å². The standard InChI is InChI=1S/C17H22BrNO4/c1-12(2-7-15(20)21)19-16(22)17(8-10-23-11-9-17)13-3-5-14(18)6-4-13/h3-6,12H,2,7-11H2,1H3,(H,19,22)(H,20,21). The van der Waals surface area contributed by atoms with Crippen LogP contribution in [-0.4, -0.2) is 36.2 Å². The van der Waals surface area contributed by atoms with Gasteiger partial charge < -0.3 is 15.2 Å². The third-order valence-electron chi connectivity index (χ3n) is 4.35. The maximum atomic E-state index is 12.9. The van der Waals surface area contributed by atoms with E-state index in [1.165, 1.54) is 0 Å². The normalized spacial score (nSPS) is 18.2. The van der Waals surface area contributed by atoms with Crippen molar-refractivity contribution in [2.24, 2.45) is 0 Å². The largest absolute Gasteiger partial charge is 0.481 e. The number of amides is 1. The van der Waals surface area contributed by atoms with Crippen LogP contribution in [0.25, 0.3) is 0 Å². The number of hydrogen-bond acceptors (Lipinski definition) is 3. The Morgan fingerprint density at radius 1 is 1.30 bits per heavy atom. The van der Waals surface area contributed by atoms with Crippen LogP contribution in [0.3, 0.4) is 0 Å². The van der Waals surface area contributed by atoms with Gasteiger partial charge in [0, 0.05) is 30.1 Å². The predicted molar refractivity (Wildman–Crippen MR) is 90.3 cm³/mol. The highest BCUT2D eigenvalue weighted by molar-refractivity contribution is 9.10. The van der Waals surface area contributed by atoms with E-state index in [2.05, 4.69) is 21.2 Å². The number of carbonyl (C=O) groups is 2. The third kappa shape index (κ3) is 4.54. The fourth-order valence-electron chi connectivity index (χ4n) is 2.91. The molecule has 1 heterocycles. The van der Waals surface area contributed by atoms with Crippen molar-refractivity contribution >= 4 is 27.8 Å². The summed E-state index contributed by atoms with van der Waals surface area (Å²) in [6, 6.07) is 7.64. The maximum Gasteiger partial charge on any atom is 0.303 e. The predicted octanol–water partition coefficient (Wildman–Crippen LogP) is 2.87. The molecule has 2 N–H and O–H groups in total. The van der Waals surface area contributed by atoms with E-state index >= 15 is 0 Å². The van der Waals surface area contributed by atoms with Crippen LogP contribution >= 0.6 is 15.9 Å². The number of rotatable bonds is 6. The Hall–Kier alpha value is -1.40. The smallest absolute Gasteiger partial charge is 0.303 e. The molecule has 23 heavy (non-hydrogen) atoms. The van der Waals surface area contributed by atoms with E-state index in [1.807, 2.05) is 31.2 Å². The molecule has 1 aromatic rings. The first-order valence-electron chi connectivity index (χ1n) is 7.80. The maximum absolute atomic E-state index is 12.9. The second-order valence-corrected chi connectivity index (χ2v) is 6.92. The number of carbonyl (C=O) groups excluding carboxylic acids is 1. The number of aliphatic carboxylic acids is 1. The summed E-state index contributed by atoms with van der Waals surface area (Å²) in [4.78, 5) is 23.6. The zero-order valence-electron chi connectivity index (χ0n) is 13.2. The van der Waals surface area contributed by atoms with Gasteiger partial charge in [-0.05, 0) is 43.9 Å². The first-order valence-corrected chi connectivity index (χ1v) is 8.60. The van der Waals surface area contributed by atoms with Gasteiger partial charge in [0.25, 0.3) is 0 Å². The molecule has 0 radical (unpaired) electrons. The Morgan fingerprint density at radius 2 is 1.91 bits per heavy atom. The van der Waals surface area contributed by atoms with Crippen molar-refractivity contribution < 1.29 is 19.4 Å². The Kier molecular flexibility index (Phi) is 6.18. The average molecular weight is 384 g/mol. The first kappa shape index (κ1) is 17.9. The van der Waals surface area contributed by atoms with Gasteiger partial charge in [0.05, 0.1) is 5.41 Å². The van der Waals surface area contributed by atoms with Crippen LogP contribution in [0.1, 0.15) is 38.2 Å². The van der Waals surface area contributed by atoms with Crippen molar-refractivity contribution in [3.63, 3.8) is 0 Å². The Bertz CT molecular complexity index is 552. The second-order valence-electron chi connectivity index (χ2n) is 6.01. The Morgan fingerprint density at radius 3 is 2.48 bits per heavy atom. The quantitative estimate of drug-likeness (QED) is 0.791. The van der Waals surface area contributed by atoms with Crippen molar-refractivity contribution in [1.29, 1.82) is 0 Å². The van der Waals surface area contributed by atoms with Gasteiger partial charge in [-0.25, -0.2) is 0 Å². The van der Waals surface area contributed by atoms with Crippen LogP contribution in [0, 0.1) is 0 Å². The van der Waals surface area contributed by atoms with Gasteiger partial charge >= 0.3 is 5.97 Å².